The highest BCUT2D eigenvalue weighted by Gasteiger charge is 2.28. The minimum Gasteiger partial charge on any atom is -0.317 e. The fourth-order valence-corrected chi connectivity index (χ4v) is 2.94. The summed E-state index contributed by atoms with van der Waals surface area (Å²) in [6, 6.07) is -0.0553. The summed E-state index contributed by atoms with van der Waals surface area (Å²) in [6.07, 6.45) is 10.1. The van der Waals surface area contributed by atoms with Crippen LogP contribution in [0.4, 0.5) is 10.5 Å². The lowest BCUT2D eigenvalue weighted by Gasteiger charge is -2.35. The van der Waals surface area contributed by atoms with Gasteiger partial charge in [0.2, 0.25) is 0 Å². The van der Waals surface area contributed by atoms with Crippen LogP contribution < -0.4 is 5.32 Å². The maximum Gasteiger partial charge on any atom is 0.322 e. The van der Waals surface area contributed by atoms with E-state index < -0.39 is 0 Å². The predicted molar refractivity (Wildman–Crippen MR) is 91.6 cm³/mol. The molecular formula is C17H24N6O. The van der Waals surface area contributed by atoms with E-state index in [9.17, 15) is 4.79 Å². The minimum absolute atomic E-state index is 0.0623. The Morgan fingerprint density at radius 3 is 2.62 bits per heavy atom. The number of likely N-dealkylation sites (tertiary alicyclic amines) is 1. The second kappa shape index (κ2) is 6.59. The lowest BCUT2D eigenvalue weighted by atomic mass is 9.96. The third-order valence-corrected chi connectivity index (χ3v) is 4.24. The molecule has 0 unspecified atom stereocenters. The molecule has 1 atom stereocenters. The first-order valence-corrected chi connectivity index (χ1v) is 8.34. The summed E-state index contributed by atoms with van der Waals surface area (Å²) in [6.45, 7) is 6.92. The van der Waals surface area contributed by atoms with Crippen LogP contribution >= 0.6 is 0 Å². The molecule has 2 aromatic heterocycles. The van der Waals surface area contributed by atoms with E-state index in [1.807, 2.05) is 11.1 Å². The number of aromatic amines is 1. The van der Waals surface area contributed by atoms with Crippen LogP contribution in [0.25, 0.3) is 0 Å². The van der Waals surface area contributed by atoms with Gasteiger partial charge in [-0.3, -0.25) is 5.10 Å². The number of urea groups is 1. The summed E-state index contributed by atoms with van der Waals surface area (Å²) in [7, 11) is 0. The van der Waals surface area contributed by atoms with E-state index in [1.54, 1.807) is 18.6 Å². The molecule has 0 spiro atoms. The number of nitrogens with zero attached hydrogens (tertiary/aromatic N) is 4. The van der Waals surface area contributed by atoms with Crippen LogP contribution in [0, 0.1) is 0 Å². The smallest absolute Gasteiger partial charge is 0.317 e. The van der Waals surface area contributed by atoms with E-state index in [2.05, 4.69) is 46.3 Å². The number of rotatable bonds is 2. The highest BCUT2D eigenvalue weighted by Crippen LogP contribution is 2.30. The summed E-state index contributed by atoms with van der Waals surface area (Å²) in [5.74, 6) is 0.759. The lowest BCUT2D eigenvalue weighted by molar-refractivity contribution is 0.163. The van der Waals surface area contributed by atoms with Gasteiger partial charge in [0, 0.05) is 23.7 Å². The number of hydrogen-bond acceptors (Lipinski definition) is 4. The monoisotopic (exact) mass is 328 g/mol. The van der Waals surface area contributed by atoms with Crippen LogP contribution in [0.5, 0.6) is 0 Å². The van der Waals surface area contributed by atoms with Crippen molar-refractivity contribution in [3.8, 4) is 0 Å². The number of carbonyl (C=O) groups excluding carboxylic acids is 1. The Balaban J connectivity index is 1.71. The van der Waals surface area contributed by atoms with E-state index in [0.717, 1.165) is 37.2 Å². The molecule has 7 heteroatoms. The molecule has 2 amide bonds. The normalized spacial score (nSPS) is 18.5. The van der Waals surface area contributed by atoms with E-state index in [0.29, 0.717) is 5.69 Å². The first-order valence-electron chi connectivity index (χ1n) is 8.34. The van der Waals surface area contributed by atoms with Crippen molar-refractivity contribution < 1.29 is 4.79 Å². The zero-order valence-electron chi connectivity index (χ0n) is 14.4. The minimum atomic E-state index is -0.118. The molecule has 0 aliphatic carbocycles. The summed E-state index contributed by atoms with van der Waals surface area (Å²) in [5, 5.41) is 9.75. The van der Waals surface area contributed by atoms with E-state index in [4.69, 9.17) is 0 Å². The second-order valence-electron chi connectivity index (χ2n) is 7.21. The Kier molecular flexibility index (Phi) is 4.51. The number of piperidine rings is 1. The first-order chi connectivity index (χ1) is 11.4. The van der Waals surface area contributed by atoms with Gasteiger partial charge in [0.05, 0.1) is 30.3 Å². The summed E-state index contributed by atoms with van der Waals surface area (Å²) in [5.41, 5.74) is 1.55. The average molecular weight is 328 g/mol. The molecule has 7 nitrogen and oxygen atoms in total. The molecule has 0 aromatic carbocycles. The van der Waals surface area contributed by atoms with E-state index >= 15 is 0 Å². The predicted octanol–water partition coefficient (Wildman–Crippen LogP) is 3.26. The highest BCUT2D eigenvalue weighted by atomic mass is 16.2. The van der Waals surface area contributed by atoms with Gasteiger partial charge in [-0.2, -0.15) is 5.10 Å². The van der Waals surface area contributed by atoms with Crippen molar-refractivity contribution in [2.75, 3.05) is 11.9 Å². The Morgan fingerprint density at radius 1 is 1.25 bits per heavy atom. The first kappa shape index (κ1) is 16.4. The average Bonchev–Trinajstić information content (AvgIpc) is 3.09. The van der Waals surface area contributed by atoms with Crippen LogP contribution in [-0.2, 0) is 5.41 Å². The van der Waals surface area contributed by atoms with Crippen LogP contribution in [0.15, 0.2) is 24.8 Å². The van der Waals surface area contributed by atoms with Crippen molar-refractivity contribution in [2.24, 2.45) is 0 Å². The molecule has 3 heterocycles. The van der Waals surface area contributed by atoms with Crippen molar-refractivity contribution >= 4 is 11.7 Å². The zero-order chi connectivity index (χ0) is 17.2. The molecule has 1 aliphatic heterocycles. The van der Waals surface area contributed by atoms with Gasteiger partial charge in [0.1, 0.15) is 5.82 Å². The van der Waals surface area contributed by atoms with Crippen molar-refractivity contribution in [3.05, 3.63) is 36.2 Å². The number of hydrogen-bond donors (Lipinski definition) is 2. The van der Waals surface area contributed by atoms with Gasteiger partial charge >= 0.3 is 6.03 Å². The third kappa shape index (κ3) is 3.55. The standard InChI is InChI=1S/C17H24N6O/c1-17(2,3)15-18-10-13(11-19-15)22-16(24)23-7-5-4-6-14(23)12-8-20-21-9-12/h8-11,14H,4-7H2,1-3H3,(H,20,21)(H,22,24)/t14-/m1/s1. The Labute approximate surface area is 141 Å². The highest BCUT2D eigenvalue weighted by molar-refractivity contribution is 5.89. The topological polar surface area (TPSA) is 86.8 Å². The SMILES string of the molecule is CC(C)(C)c1ncc(NC(=O)N2CCCC[C@@H]2c2cn[nH]c2)cn1. The molecule has 2 aromatic rings. The van der Waals surface area contributed by atoms with Gasteiger partial charge in [-0.15, -0.1) is 0 Å². The molecule has 128 valence electrons. The van der Waals surface area contributed by atoms with Crippen molar-refractivity contribution in [2.45, 2.75) is 51.5 Å². The maximum atomic E-state index is 12.7. The molecule has 1 saturated heterocycles. The zero-order valence-corrected chi connectivity index (χ0v) is 14.4. The number of H-pyrrole nitrogens is 1. The molecule has 1 aliphatic rings. The molecular weight excluding hydrogens is 304 g/mol. The fraction of sp³-hybridized carbons (Fsp3) is 0.529. The largest absolute Gasteiger partial charge is 0.322 e. The van der Waals surface area contributed by atoms with Crippen molar-refractivity contribution in [1.29, 1.82) is 0 Å². The van der Waals surface area contributed by atoms with E-state index in [-0.39, 0.29) is 17.5 Å². The Hall–Kier alpha value is -2.44. The van der Waals surface area contributed by atoms with Crippen LogP contribution in [0.1, 0.15) is 57.5 Å². The van der Waals surface area contributed by atoms with Gasteiger partial charge in [-0.25, -0.2) is 14.8 Å². The summed E-state index contributed by atoms with van der Waals surface area (Å²) < 4.78 is 0. The summed E-state index contributed by atoms with van der Waals surface area (Å²) in [4.78, 5) is 23.3. The van der Waals surface area contributed by atoms with Gasteiger partial charge in [-0.1, -0.05) is 20.8 Å². The molecule has 0 saturated carbocycles. The van der Waals surface area contributed by atoms with Gasteiger partial charge < -0.3 is 10.2 Å². The number of nitrogens with one attached hydrogen (secondary N) is 2. The number of aromatic nitrogens is 4. The van der Waals surface area contributed by atoms with Gasteiger partial charge in [0.25, 0.3) is 0 Å². The van der Waals surface area contributed by atoms with Crippen LogP contribution in [0.3, 0.4) is 0 Å². The van der Waals surface area contributed by atoms with Crippen molar-refractivity contribution in [1.82, 2.24) is 25.1 Å². The Morgan fingerprint density at radius 2 is 2.00 bits per heavy atom. The third-order valence-electron chi connectivity index (χ3n) is 4.24. The molecule has 24 heavy (non-hydrogen) atoms. The fourth-order valence-electron chi connectivity index (χ4n) is 2.94. The van der Waals surface area contributed by atoms with Crippen molar-refractivity contribution in [3.63, 3.8) is 0 Å². The number of anilines is 1. The van der Waals surface area contributed by atoms with Gasteiger partial charge in [0.15, 0.2) is 0 Å². The van der Waals surface area contributed by atoms with Crippen LogP contribution in [-0.4, -0.2) is 37.6 Å². The second-order valence-corrected chi connectivity index (χ2v) is 7.21. The quantitative estimate of drug-likeness (QED) is 0.886. The molecule has 0 radical (unpaired) electrons. The summed E-state index contributed by atoms with van der Waals surface area (Å²) >= 11 is 0. The molecule has 1 fully saturated rings. The molecule has 3 rings (SSSR count). The number of amides is 2. The number of carbonyl (C=O) groups is 1. The van der Waals surface area contributed by atoms with E-state index in [1.165, 1.54) is 0 Å². The maximum absolute atomic E-state index is 12.7. The molecule has 0 bridgehead atoms. The van der Waals surface area contributed by atoms with Crippen LogP contribution in [0.2, 0.25) is 0 Å². The Bertz CT molecular complexity index is 674. The van der Waals surface area contributed by atoms with Gasteiger partial charge in [-0.05, 0) is 19.3 Å². The lowest BCUT2D eigenvalue weighted by Crippen LogP contribution is -2.41. The molecule has 2 N–H and O–H groups in total.